The Balaban J connectivity index is 0.00000169. The van der Waals surface area contributed by atoms with E-state index in [-0.39, 0.29) is 48.8 Å². The van der Waals surface area contributed by atoms with E-state index in [1.165, 1.54) is 17.6 Å². The average molecular weight is 421 g/mol. The molecule has 0 bridgehead atoms. The molecule has 1 aliphatic heterocycles. The fraction of sp³-hybridized carbons (Fsp3) is 0.438. The molecule has 0 aliphatic carbocycles. The number of carbonyl (C=O) groups excluding carboxylic acids is 2. The number of hydrogen-bond donors (Lipinski definition) is 2. The van der Waals surface area contributed by atoms with Crippen molar-refractivity contribution in [1.29, 1.82) is 0 Å². The fourth-order valence-corrected chi connectivity index (χ4v) is 3.42. The van der Waals surface area contributed by atoms with Crippen molar-refractivity contribution in [1.82, 2.24) is 15.2 Å². The van der Waals surface area contributed by atoms with Gasteiger partial charge in [-0.05, 0) is 32.0 Å². The summed E-state index contributed by atoms with van der Waals surface area (Å²) < 4.78 is 5.04. The fourth-order valence-electron chi connectivity index (χ4n) is 2.72. The molecule has 1 fully saturated rings. The minimum Gasteiger partial charge on any atom is -0.459 e. The van der Waals surface area contributed by atoms with E-state index < -0.39 is 0 Å². The van der Waals surface area contributed by atoms with Crippen LogP contribution in [0.1, 0.15) is 29.1 Å². The summed E-state index contributed by atoms with van der Waals surface area (Å²) in [7, 11) is 1.92. The number of carbonyl (C=O) groups is 2. The normalized spacial score (nSPS) is 16.3. The predicted octanol–water partition coefficient (Wildman–Crippen LogP) is 2.58. The maximum Gasteiger partial charge on any atom is 0.293 e. The van der Waals surface area contributed by atoms with Crippen LogP contribution in [0.2, 0.25) is 0 Å². The minimum atomic E-state index is -0.347. The Hall–Kier alpha value is -1.61. The van der Waals surface area contributed by atoms with Crippen molar-refractivity contribution in [2.45, 2.75) is 25.3 Å². The largest absolute Gasteiger partial charge is 0.459 e. The van der Waals surface area contributed by atoms with E-state index >= 15 is 0 Å². The summed E-state index contributed by atoms with van der Waals surface area (Å²) in [6, 6.07) is 3.60. The Bertz CT molecular complexity index is 708. The van der Waals surface area contributed by atoms with Crippen LogP contribution >= 0.6 is 36.2 Å². The lowest BCUT2D eigenvalue weighted by molar-refractivity contribution is -0.131. The van der Waals surface area contributed by atoms with Crippen molar-refractivity contribution in [2.24, 2.45) is 0 Å². The summed E-state index contributed by atoms with van der Waals surface area (Å²) in [5.41, 5.74) is 0.673. The molecule has 144 valence electrons. The van der Waals surface area contributed by atoms with Crippen molar-refractivity contribution in [3.63, 3.8) is 0 Å². The zero-order valence-electron chi connectivity index (χ0n) is 14.3. The molecule has 7 nitrogen and oxygen atoms in total. The molecule has 0 radical (unpaired) electrons. The highest BCUT2D eigenvalue weighted by molar-refractivity contribution is 7.14. The predicted molar refractivity (Wildman–Crippen MR) is 106 cm³/mol. The first-order valence-electron chi connectivity index (χ1n) is 7.90. The molecule has 0 aromatic carbocycles. The quantitative estimate of drug-likeness (QED) is 0.775. The highest BCUT2D eigenvalue weighted by Gasteiger charge is 2.23. The number of likely N-dealkylation sites (tertiary alicyclic amines) is 1. The van der Waals surface area contributed by atoms with E-state index in [4.69, 9.17) is 4.42 Å². The lowest BCUT2D eigenvalue weighted by Gasteiger charge is -2.32. The third-order valence-corrected chi connectivity index (χ3v) is 4.84. The van der Waals surface area contributed by atoms with Crippen LogP contribution in [0.5, 0.6) is 0 Å². The van der Waals surface area contributed by atoms with Crippen molar-refractivity contribution in [3.8, 4) is 0 Å². The third-order valence-electron chi connectivity index (χ3n) is 4.03. The molecule has 1 atom stereocenters. The Morgan fingerprint density at radius 2 is 2.23 bits per heavy atom. The third kappa shape index (κ3) is 5.70. The first-order chi connectivity index (χ1) is 11.7. The van der Waals surface area contributed by atoms with Crippen LogP contribution in [0.15, 0.2) is 28.2 Å². The van der Waals surface area contributed by atoms with Gasteiger partial charge >= 0.3 is 0 Å². The molecule has 3 rings (SSSR count). The van der Waals surface area contributed by atoms with Gasteiger partial charge in [0.05, 0.1) is 18.4 Å². The van der Waals surface area contributed by atoms with Gasteiger partial charge in [0, 0.05) is 24.5 Å². The second-order valence-corrected chi connectivity index (χ2v) is 6.58. The van der Waals surface area contributed by atoms with Crippen LogP contribution in [0.25, 0.3) is 0 Å². The number of halogens is 2. The number of rotatable bonds is 5. The van der Waals surface area contributed by atoms with Gasteiger partial charge in [-0.15, -0.1) is 36.2 Å². The van der Waals surface area contributed by atoms with E-state index in [9.17, 15) is 9.59 Å². The van der Waals surface area contributed by atoms with Crippen molar-refractivity contribution >= 4 is 53.1 Å². The molecule has 2 N–H and O–H groups in total. The van der Waals surface area contributed by atoms with Gasteiger partial charge in [-0.1, -0.05) is 0 Å². The van der Waals surface area contributed by atoms with Gasteiger partial charge in [0.1, 0.15) is 0 Å². The molecule has 1 saturated heterocycles. The smallest absolute Gasteiger partial charge is 0.293 e. The number of likely N-dealkylation sites (N-methyl/N-ethyl adjacent to an activating group) is 1. The second kappa shape index (κ2) is 10.5. The molecule has 10 heteroatoms. The molecule has 2 amide bonds. The SMILES string of the molecule is CNC1CCCN(C(=O)Cc2csc(NC(=O)c3ccco3)n2)C1.Cl.Cl. The molecular weight excluding hydrogens is 399 g/mol. The Morgan fingerprint density at radius 1 is 1.42 bits per heavy atom. The summed E-state index contributed by atoms with van der Waals surface area (Å²) in [5.74, 6) is -0.0430. The second-order valence-electron chi connectivity index (χ2n) is 5.72. The van der Waals surface area contributed by atoms with Crippen molar-refractivity contribution in [3.05, 3.63) is 35.2 Å². The summed E-state index contributed by atoms with van der Waals surface area (Å²) in [4.78, 5) is 30.5. The van der Waals surface area contributed by atoms with E-state index in [0.29, 0.717) is 16.9 Å². The zero-order chi connectivity index (χ0) is 16.9. The van der Waals surface area contributed by atoms with Crippen LogP contribution in [-0.4, -0.2) is 47.9 Å². The Labute approximate surface area is 168 Å². The molecule has 1 aliphatic rings. The van der Waals surface area contributed by atoms with Gasteiger partial charge in [-0.2, -0.15) is 0 Å². The number of amides is 2. The highest BCUT2D eigenvalue weighted by Crippen LogP contribution is 2.18. The molecule has 26 heavy (non-hydrogen) atoms. The van der Waals surface area contributed by atoms with Crippen LogP contribution in [-0.2, 0) is 11.2 Å². The van der Waals surface area contributed by atoms with Crippen LogP contribution in [0, 0.1) is 0 Å². The van der Waals surface area contributed by atoms with Gasteiger partial charge < -0.3 is 14.6 Å². The first kappa shape index (κ1) is 22.4. The van der Waals surface area contributed by atoms with E-state index in [2.05, 4.69) is 15.6 Å². The molecule has 0 saturated carbocycles. The van der Waals surface area contributed by atoms with E-state index in [1.807, 2.05) is 11.9 Å². The van der Waals surface area contributed by atoms with Gasteiger partial charge in [-0.25, -0.2) is 4.98 Å². The number of nitrogens with one attached hydrogen (secondary N) is 2. The monoisotopic (exact) mass is 420 g/mol. The number of hydrogen-bond acceptors (Lipinski definition) is 6. The number of furan rings is 1. The summed E-state index contributed by atoms with van der Waals surface area (Å²) in [5, 5.41) is 8.17. The first-order valence-corrected chi connectivity index (χ1v) is 8.78. The summed E-state index contributed by atoms with van der Waals surface area (Å²) in [6.07, 6.45) is 3.81. The zero-order valence-corrected chi connectivity index (χ0v) is 16.7. The molecule has 3 heterocycles. The topological polar surface area (TPSA) is 87.5 Å². The molecule has 0 spiro atoms. The molecule has 2 aromatic heterocycles. The average Bonchev–Trinajstić information content (AvgIpc) is 3.27. The number of anilines is 1. The lowest BCUT2D eigenvalue weighted by atomic mass is 10.1. The van der Waals surface area contributed by atoms with Gasteiger partial charge in [0.2, 0.25) is 5.91 Å². The Morgan fingerprint density at radius 3 is 2.92 bits per heavy atom. The number of aromatic nitrogens is 1. The minimum absolute atomic E-state index is 0. The van der Waals surface area contributed by atoms with Crippen LogP contribution in [0.4, 0.5) is 5.13 Å². The molecule has 2 aromatic rings. The Kier molecular flexibility index (Phi) is 9.07. The van der Waals surface area contributed by atoms with Gasteiger partial charge in [-0.3, -0.25) is 14.9 Å². The van der Waals surface area contributed by atoms with Crippen molar-refractivity contribution in [2.75, 3.05) is 25.5 Å². The van der Waals surface area contributed by atoms with E-state index in [1.54, 1.807) is 17.5 Å². The van der Waals surface area contributed by atoms with Crippen LogP contribution < -0.4 is 10.6 Å². The maximum atomic E-state index is 12.4. The van der Waals surface area contributed by atoms with E-state index in [0.717, 1.165) is 25.9 Å². The number of nitrogens with zero attached hydrogens (tertiary/aromatic N) is 2. The molecule has 1 unspecified atom stereocenters. The number of piperidine rings is 1. The lowest BCUT2D eigenvalue weighted by Crippen LogP contribution is -2.47. The summed E-state index contributed by atoms with van der Waals surface area (Å²) >= 11 is 1.30. The standard InChI is InChI=1S/C16H20N4O3S.2ClH/c1-17-11-4-2-6-20(9-11)14(21)8-12-10-24-16(18-12)19-15(22)13-5-3-7-23-13;;/h3,5,7,10-11,17H,2,4,6,8-9H2,1H3,(H,18,19,22);2*1H. The van der Waals surface area contributed by atoms with Gasteiger partial charge in [0.15, 0.2) is 10.9 Å². The van der Waals surface area contributed by atoms with Crippen molar-refractivity contribution < 1.29 is 14.0 Å². The molecular formula is C16H22Cl2N4O3S. The maximum absolute atomic E-state index is 12.4. The van der Waals surface area contributed by atoms with Crippen LogP contribution in [0.3, 0.4) is 0 Å². The summed E-state index contributed by atoms with van der Waals surface area (Å²) in [6.45, 7) is 1.53. The highest BCUT2D eigenvalue weighted by atomic mass is 35.5. The van der Waals surface area contributed by atoms with Gasteiger partial charge in [0.25, 0.3) is 5.91 Å². The number of thiazole rings is 1.